The maximum Gasteiger partial charge on any atom is 0.269 e. The Morgan fingerprint density at radius 1 is 0.861 bits per heavy atom. The zero-order valence-corrected chi connectivity index (χ0v) is 20.3. The fraction of sp³-hybridized carbons (Fsp3) is 0.207. The van der Waals surface area contributed by atoms with Crippen molar-refractivity contribution in [2.24, 2.45) is 5.73 Å². The first-order valence-electron chi connectivity index (χ1n) is 12.1. The highest BCUT2D eigenvalue weighted by molar-refractivity contribution is 5.94. The van der Waals surface area contributed by atoms with Crippen molar-refractivity contribution in [2.45, 2.75) is 13.3 Å². The molecule has 0 radical (unpaired) electrons. The molecule has 7 heteroatoms. The van der Waals surface area contributed by atoms with Crippen molar-refractivity contribution in [3.63, 3.8) is 0 Å². The highest BCUT2D eigenvalue weighted by Gasteiger charge is 2.17. The Kier molecular flexibility index (Phi) is 6.64. The third kappa shape index (κ3) is 5.06. The van der Waals surface area contributed by atoms with Crippen LogP contribution in [0.15, 0.2) is 78.9 Å². The lowest BCUT2D eigenvalue weighted by molar-refractivity contribution is 0.0735. The molecule has 1 aromatic heterocycles. The fourth-order valence-electron chi connectivity index (χ4n) is 4.52. The Hall–Kier alpha value is -4.23. The summed E-state index contributed by atoms with van der Waals surface area (Å²) in [7, 11) is 0. The lowest BCUT2D eigenvalue weighted by atomic mass is 9.99. The predicted octanol–water partition coefficient (Wildman–Crippen LogP) is 3.58. The largest absolute Gasteiger partial charge is 0.364 e. The number of primary amides is 1. The van der Waals surface area contributed by atoms with Crippen LogP contribution in [0.3, 0.4) is 0 Å². The predicted molar refractivity (Wildman–Crippen MR) is 140 cm³/mol. The Morgan fingerprint density at radius 3 is 1.97 bits per heavy atom. The van der Waals surface area contributed by atoms with Crippen LogP contribution in [0.4, 0.5) is 0 Å². The lowest BCUT2D eigenvalue weighted by Crippen LogP contribution is -2.46. The third-order valence-electron chi connectivity index (χ3n) is 6.55. The third-order valence-corrected chi connectivity index (χ3v) is 6.55. The van der Waals surface area contributed by atoms with Crippen LogP contribution < -0.4 is 11.1 Å². The van der Waals surface area contributed by atoms with Gasteiger partial charge in [0.15, 0.2) is 5.69 Å². The molecule has 4 aromatic rings. The number of piperazine rings is 1. The normalized spacial score (nSPS) is 13.5. The first kappa shape index (κ1) is 23.5. The summed E-state index contributed by atoms with van der Waals surface area (Å²) >= 11 is 0. The molecule has 36 heavy (non-hydrogen) atoms. The molecule has 0 saturated carbocycles. The first-order valence-corrected chi connectivity index (χ1v) is 12.1. The van der Waals surface area contributed by atoms with Gasteiger partial charge in [0.2, 0.25) is 0 Å². The summed E-state index contributed by atoms with van der Waals surface area (Å²) in [5.74, 6) is -0.433. The number of benzene rings is 3. The molecule has 0 unspecified atom stereocenters. The summed E-state index contributed by atoms with van der Waals surface area (Å²) in [5.41, 5.74) is 12.7. The SMILES string of the molecule is Cc1cc(C(N)=O)nn1-c1ccc(Cc2ccc(-c3ccc(C(=O)N4CCNCC4)cc3)cc2)cc1. The summed E-state index contributed by atoms with van der Waals surface area (Å²) < 4.78 is 1.72. The zero-order valence-electron chi connectivity index (χ0n) is 20.3. The van der Waals surface area contributed by atoms with Crippen LogP contribution in [-0.4, -0.2) is 52.7 Å². The molecule has 0 aliphatic carbocycles. The average molecular weight is 480 g/mol. The Labute approximate surface area is 210 Å². The maximum absolute atomic E-state index is 12.7. The van der Waals surface area contributed by atoms with Gasteiger partial charge in [-0.25, -0.2) is 4.68 Å². The first-order chi connectivity index (χ1) is 17.5. The standard InChI is InChI=1S/C29H29N5O2/c1-20-18-27(28(30)35)32-34(20)26-12-4-22(5-13-26)19-21-2-6-23(7-3-21)24-8-10-25(11-9-24)29(36)33-16-14-31-15-17-33/h2-13,18,31H,14-17,19H2,1H3,(H2,30,35). The maximum atomic E-state index is 12.7. The second kappa shape index (κ2) is 10.2. The summed E-state index contributed by atoms with van der Waals surface area (Å²) in [5, 5.41) is 7.56. The Balaban J connectivity index is 1.24. The van der Waals surface area contributed by atoms with E-state index < -0.39 is 5.91 Å². The molecule has 3 aromatic carbocycles. The van der Waals surface area contributed by atoms with E-state index in [4.69, 9.17) is 5.73 Å². The molecule has 1 fully saturated rings. The van der Waals surface area contributed by atoms with Gasteiger partial charge in [-0.15, -0.1) is 0 Å². The topological polar surface area (TPSA) is 93.2 Å². The molecule has 182 valence electrons. The number of aromatic nitrogens is 2. The minimum Gasteiger partial charge on any atom is -0.364 e. The van der Waals surface area contributed by atoms with Gasteiger partial charge in [-0.3, -0.25) is 9.59 Å². The van der Waals surface area contributed by atoms with Crippen molar-refractivity contribution in [2.75, 3.05) is 26.2 Å². The highest BCUT2D eigenvalue weighted by atomic mass is 16.2. The highest BCUT2D eigenvalue weighted by Crippen LogP contribution is 2.22. The van der Waals surface area contributed by atoms with Gasteiger partial charge in [-0.1, -0.05) is 48.5 Å². The number of carbonyl (C=O) groups is 2. The zero-order chi connectivity index (χ0) is 25.1. The molecule has 3 N–H and O–H groups in total. The number of carbonyl (C=O) groups excluding carboxylic acids is 2. The summed E-state index contributed by atoms with van der Waals surface area (Å²) in [6, 6.07) is 26.2. The number of nitrogens with two attached hydrogens (primary N) is 1. The molecule has 0 spiro atoms. The van der Waals surface area contributed by atoms with Crippen LogP contribution in [0, 0.1) is 6.92 Å². The molecule has 7 nitrogen and oxygen atoms in total. The lowest BCUT2D eigenvalue weighted by Gasteiger charge is -2.27. The van der Waals surface area contributed by atoms with E-state index in [0.717, 1.165) is 60.7 Å². The van der Waals surface area contributed by atoms with Crippen molar-refractivity contribution < 1.29 is 9.59 Å². The van der Waals surface area contributed by atoms with E-state index in [9.17, 15) is 9.59 Å². The van der Waals surface area contributed by atoms with Gasteiger partial charge in [0.1, 0.15) is 0 Å². The molecule has 1 saturated heterocycles. The number of hydrogen-bond acceptors (Lipinski definition) is 4. The minimum atomic E-state index is -0.531. The Morgan fingerprint density at radius 2 is 1.42 bits per heavy atom. The number of nitrogens with zero attached hydrogens (tertiary/aromatic N) is 3. The van der Waals surface area contributed by atoms with Gasteiger partial charge in [-0.05, 0) is 65.9 Å². The van der Waals surface area contributed by atoms with Gasteiger partial charge in [0.25, 0.3) is 11.8 Å². The van der Waals surface area contributed by atoms with Gasteiger partial charge in [0, 0.05) is 37.4 Å². The van der Waals surface area contributed by atoms with Crippen molar-refractivity contribution in [3.8, 4) is 16.8 Å². The number of hydrogen-bond donors (Lipinski definition) is 2. The molecular formula is C29H29N5O2. The molecule has 5 rings (SSSR count). The van der Waals surface area contributed by atoms with Crippen molar-refractivity contribution in [3.05, 3.63) is 107 Å². The second-order valence-electron chi connectivity index (χ2n) is 9.11. The number of amides is 2. The number of nitrogens with one attached hydrogen (secondary N) is 1. The molecule has 2 amide bonds. The average Bonchev–Trinajstić information content (AvgIpc) is 3.32. The molecule has 1 aliphatic rings. The fourth-order valence-corrected chi connectivity index (χ4v) is 4.52. The van der Waals surface area contributed by atoms with E-state index >= 15 is 0 Å². The quantitative estimate of drug-likeness (QED) is 0.442. The van der Waals surface area contributed by atoms with Crippen LogP contribution >= 0.6 is 0 Å². The van der Waals surface area contributed by atoms with Gasteiger partial charge < -0.3 is 16.0 Å². The monoisotopic (exact) mass is 479 g/mol. The van der Waals surface area contributed by atoms with E-state index in [0.29, 0.717) is 0 Å². The van der Waals surface area contributed by atoms with Crippen LogP contribution in [0.25, 0.3) is 16.8 Å². The molecule has 0 atom stereocenters. The van der Waals surface area contributed by atoms with Crippen LogP contribution in [0.1, 0.15) is 37.7 Å². The van der Waals surface area contributed by atoms with Gasteiger partial charge in [0.05, 0.1) is 5.69 Å². The van der Waals surface area contributed by atoms with Gasteiger partial charge >= 0.3 is 0 Å². The van der Waals surface area contributed by atoms with Crippen LogP contribution in [0.5, 0.6) is 0 Å². The van der Waals surface area contributed by atoms with Crippen LogP contribution in [-0.2, 0) is 6.42 Å². The van der Waals surface area contributed by atoms with Gasteiger partial charge in [-0.2, -0.15) is 5.10 Å². The molecule has 2 heterocycles. The van der Waals surface area contributed by atoms with Crippen LogP contribution in [0.2, 0.25) is 0 Å². The van der Waals surface area contributed by atoms with E-state index in [1.807, 2.05) is 48.2 Å². The van der Waals surface area contributed by atoms with Crippen molar-refractivity contribution in [1.82, 2.24) is 20.0 Å². The van der Waals surface area contributed by atoms with Crippen molar-refractivity contribution >= 4 is 11.8 Å². The molecule has 1 aliphatic heterocycles. The minimum absolute atomic E-state index is 0.0976. The number of aryl methyl sites for hydroxylation is 1. The second-order valence-corrected chi connectivity index (χ2v) is 9.11. The summed E-state index contributed by atoms with van der Waals surface area (Å²) in [6.07, 6.45) is 0.809. The number of rotatable bonds is 6. The molecular weight excluding hydrogens is 450 g/mol. The summed E-state index contributed by atoms with van der Waals surface area (Å²) in [4.78, 5) is 26.0. The summed E-state index contributed by atoms with van der Waals surface area (Å²) in [6.45, 7) is 5.10. The van der Waals surface area contributed by atoms with Crippen molar-refractivity contribution in [1.29, 1.82) is 0 Å². The molecule has 0 bridgehead atoms. The Bertz CT molecular complexity index is 1370. The van der Waals surface area contributed by atoms with E-state index in [1.165, 1.54) is 11.1 Å². The van der Waals surface area contributed by atoms with E-state index in [1.54, 1.807) is 10.7 Å². The smallest absolute Gasteiger partial charge is 0.269 e. The van der Waals surface area contributed by atoms with E-state index in [2.05, 4.69) is 46.8 Å². The van der Waals surface area contributed by atoms with E-state index in [-0.39, 0.29) is 11.6 Å².